The maximum absolute atomic E-state index is 12.2. The van der Waals surface area contributed by atoms with Crippen LogP contribution in [-0.4, -0.2) is 17.4 Å². The second-order valence-electron chi connectivity index (χ2n) is 5.75. The number of aryl methyl sites for hydroxylation is 1. The molecule has 1 saturated heterocycles. The van der Waals surface area contributed by atoms with Gasteiger partial charge in [0.2, 0.25) is 5.91 Å². The second-order valence-corrected chi connectivity index (χ2v) is 5.75. The van der Waals surface area contributed by atoms with Gasteiger partial charge in [-0.1, -0.05) is 43.7 Å². The van der Waals surface area contributed by atoms with Crippen molar-refractivity contribution in [1.82, 2.24) is 4.90 Å². The summed E-state index contributed by atoms with van der Waals surface area (Å²) in [7, 11) is 0. The number of likely N-dealkylation sites (tertiary alicyclic amines) is 1. The third-order valence-corrected chi connectivity index (χ3v) is 3.62. The molecule has 98 valence electrons. The van der Waals surface area contributed by atoms with Crippen LogP contribution in [0.1, 0.15) is 50.3 Å². The summed E-state index contributed by atoms with van der Waals surface area (Å²) in [6.45, 7) is 7.23. The van der Waals surface area contributed by atoms with Crippen LogP contribution in [0.15, 0.2) is 24.3 Å². The molecule has 1 amide bonds. The number of carbonyl (C=O) groups excluding carboxylic acids is 1. The largest absolute Gasteiger partial charge is 0.336 e. The summed E-state index contributed by atoms with van der Waals surface area (Å²) < 4.78 is 0. The molecule has 0 N–H and O–H groups in total. The third-order valence-electron chi connectivity index (χ3n) is 3.62. The molecule has 2 rings (SSSR count). The van der Waals surface area contributed by atoms with Gasteiger partial charge in [-0.15, -0.1) is 0 Å². The molecule has 0 aromatic heterocycles. The molecule has 1 atom stereocenters. The lowest BCUT2D eigenvalue weighted by Gasteiger charge is -2.26. The Hall–Kier alpha value is -1.31. The highest BCUT2D eigenvalue weighted by molar-refractivity contribution is 5.77. The summed E-state index contributed by atoms with van der Waals surface area (Å²) in [5.74, 6) is 0.754. The van der Waals surface area contributed by atoms with Gasteiger partial charge >= 0.3 is 0 Å². The van der Waals surface area contributed by atoms with Gasteiger partial charge in [-0.2, -0.15) is 0 Å². The van der Waals surface area contributed by atoms with Crippen molar-refractivity contribution in [2.45, 2.75) is 46.1 Å². The number of amides is 1. The van der Waals surface area contributed by atoms with Gasteiger partial charge in [-0.05, 0) is 31.2 Å². The molecule has 1 aliphatic heterocycles. The SMILES string of the molecule is Cc1ccc(C2CCCN2C(=O)CC(C)C)cc1. The van der Waals surface area contributed by atoms with E-state index in [1.807, 2.05) is 0 Å². The molecule has 0 saturated carbocycles. The second kappa shape index (κ2) is 5.55. The molecule has 0 bridgehead atoms. The summed E-state index contributed by atoms with van der Waals surface area (Å²) in [6.07, 6.45) is 2.90. The Morgan fingerprint density at radius 3 is 2.61 bits per heavy atom. The van der Waals surface area contributed by atoms with Crippen molar-refractivity contribution in [2.75, 3.05) is 6.54 Å². The first-order valence-corrected chi connectivity index (χ1v) is 6.94. The molecule has 2 nitrogen and oxygen atoms in total. The van der Waals surface area contributed by atoms with E-state index in [-0.39, 0.29) is 0 Å². The van der Waals surface area contributed by atoms with Crippen LogP contribution in [0.3, 0.4) is 0 Å². The van der Waals surface area contributed by atoms with E-state index in [0.717, 1.165) is 19.4 Å². The highest BCUT2D eigenvalue weighted by Gasteiger charge is 2.29. The van der Waals surface area contributed by atoms with E-state index >= 15 is 0 Å². The smallest absolute Gasteiger partial charge is 0.223 e. The summed E-state index contributed by atoms with van der Waals surface area (Å²) in [4.78, 5) is 14.3. The average Bonchev–Trinajstić information content (AvgIpc) is 2.78. The Labute approximate surface area is 110 Å². The third kappa shape index (κ3) is 2.92. The summed E-state index contributed by atoms with van der Waals surface area (Å²) in [5.41, 5.74) is 2.56. The molecule has 1 fully saturated rings. The Kier molecular flexibility index (Phi) is 4.05. The topological polar surface area (TPSA) is 20.3 Å². The minimum Gasteiger partial charge on any atom is -0.336 e. The Morgan fingerprint density at radius 2 is 2.00 bits per heavy atom. The maximum Gasteiger partial charge on any atom is 0.223 e. The first-order chi connectivity index (χ1) is 8.58. The normalized spacial score (nSPS) is 19.6. The molecular formula is C16H23NO. The standard InChI is InChI=1S/C16H23NO/c1-12(2)11-16(18)17-10-4-5-15(17)14-8-6-13(3)7-9-14/h6-9,12,15H,4-5,10-11H2,1-3H3. The van der Waals surface area contributed by atoms with Crippen LogP contribution in [0.25, 0.3) is 0 Å². The lowest BCUT2D eigenvalue weighted by atomic mass is 10.0. The predicted octanol–water partition coefficient (Wildman–Crippen LogP) is 3.70. The molecule has 0 radical (unpaired) electrons. The van der Waals surface area contributed by atoms with Gasteiger partial charge in [0, 0.05) is 13.0 Å². The van der Waals surface area contributed by atoms with Crippen LogP contribution in [0, 0.1) is 12.8 Å². The monoisotopic (exact) mass is 245 g/mol. The fraction of sp³-hybridized carbons (Fsp3) is 0.562. The van der Waals surface area contributed by atoms with E-state index in [2.05, 4.69) is 49.9 Å². The van der Waals surface area contributed by atoms with Crippen LogP contribution in [-0.2, 0) is 4.79 Å². The van der Waals surface area contributed by atoms with Crippen molar-refractivity contribution in [2.24, 2.45) is 5.92 Å². The van der Waals surface area contributed by atoms with Crippen molar-refractivity contribution < 1.29 is 4.79 Å². The maximum atomic E-state index is 12.2. The van der Waals surface area contributed by atoms with Crippen molar-refractivity contribution >= 4 is 5.91 Å². The van der Waals surface area contributed by atoms with Gasteiger partial charge in [0.25, 0.3) is 0 Å². The van der Waals surface area contributed by atoms with Gasteiger partial charge in [0.15, 0.2) is 0 Å². The first-order valence-electron chi connectivity index (χ1n) is 6.94. The van der Waals surface area contributed by atoms with Crippen molar-refractivity contribution in [3.8, 4) is 0 Å². The molecule has 1 heterocycles. The van der Waals surface area contributed by atoms with Gasteiger partial charge in [-0.3, -0.25) is 4.79 Å². The number of nitrogens with zero attached hydrogens (tertiary/aromatic N) is 1. The minimum atomic E-state index is 0.303. The lowest BCUT2D eigenvalue weighted by Crippen LogP contribution is -2.31. The van der Waals surface area contributed by atoms with Crippen molar-refractivity contribution in [1.29, 1.82) is 0 Å². The van der Waals surface area contributed by atoms with Crippen LogP contribution in [0.4, 0.5) is 0 Å². The van der Waals surface area contributed by atoms with Gasteiger partial charge < -0.3 is 4.90 Å². The molecule has 0 spiro atoms. The molecule has 1 aromatic carbocycles. The molecule has 1 unspecified atom stereocenters. The molecular weight excluding hydrogens is 222 g/mol. The van der Waals surface area contributed by atoms with E-state index in [9.17, 15) is 4.79 Å². The van der Waals surface area contributed by atoms with Crippen LogP contribution in [0.2, 0.25) is 0 Å². The molecule has 1 aromatic rings. The zero-order valence-electron chi connectivity index (χ0n) is 11.6. The van der Waals surface area contributed by atoms with Crippen LogP contribution in [0.5, 0.6) is 0 Å². The summed E-state index contributed by atoms with van der Waals surface area (Å²) in [6, 6.07) is 8.91. The fourth-order valence-electron chi connectivity index (χ4n) is 2.67. The predicted molar refractivity (Wildman–Crippen MR) is 74.3 cm³/mol. The quantitative estimate of drug-likeness (QED) is 0.795. The highest BCUT2D eigenvalue weighted by Crippen LogP contribution is 2.32. The fourth-order valence-corrected chi connectivity index (χ4v) is 2.67. The molecule has 0 aliphatic carbocycles. The lowest BCUT2D eigenvalue weighted by molar-refractivity contribution is -0.132. The average molecular weight is 245 g/mol. The number of hydrogen-bond acceptors (Lipinski definition) is 1. The number of benzene rings is 1. The molecule has 2 heteroatoms. The van der Waals surface area contributed by atoms with E-state index in [1.54, 1.807) is 0 Å². The number of hydrogen-bond donors (Lipinski definition) is 0. The van der Waals surface area contributed by atoms with Crippen LogP contribution >= 0.6 is 0 Å². The Balaban J connectivity index is 2.12. The molecule has 1 aliphatic rings. The summed E-state index contributed by atoms with van der Waals surface area (Å²) in [5, 5.41) is 0. The minimum absolute atomic E-state index is 0.303. The van der Waals surface area contributed by atoms with Crippen molar-refractivity contribution in [3.63, 3.8) is 0 Å². The first kappa shape index (κ1) is 13.1. The molecule has 18 heavy (non-hydrogen) atoms. The van der Waals surface area contributed by atoms with Gasteiger partial charge in [0.05, 0.1) is 6.04 Å². The Morgan fingerprint density at radius 1 is 1.33 bits per heavy atom. The van der Waals surface area contributed by atoms with Gasteiger partial charge in [0.1, 0.15) is 0 Å². The summed E-state index contributed by atoms with van der Waals surface area (Å²) >= 11 is 0. The Bertz CT molecular complexity index is 408. The van der Waals surface area contributed by atoms with E-state index in [0.29, 0.717) is 24.3 Å². The number of carbonyl (C=O) groups is 1. The zero-order valence-corrected chi connectivity index (χ0v) is 11.6. The van der Waals surface area contributed by atoms with E-state index in [4.69, 9.17) is 0 Å². The van der Waals surface area contributed by atoms with Crippen LogP contribution < -0.4 is 0 Å². The zero-order chi connectivity index (χ0) is 13.1. The van der Waals surface area contributed by atoms with E-state index < -0.39 is 0 Å². The van der Waals surface area contributed by atoms with E-state index in [1.165, 1.54) is 11.1 Å². The van der Waals surface area contributed by atoms with Gasteiger partial charge in [-0.25, -0.2) is 0 Å². The number of rotatable bonds is 3. The van der Waals surface area contributed by atoms with Crippen molar-refractivity contribution in [3.05, 3.63) is 35.4 Å². The highest BCUT2D eigenvalue weighted by atomic mass is 16.2.